The fraction of sp³-hybridized carbons (Fsp3) is 0.222. The average molecular weight is 224 g/mol. The Morgan fingerprint density at radius 2 is 2.20 bits per heavy atom. The van der Waals surface area contributed by atoms with E-state index in [1.54, 1.807) is 18.3 Å². The molecule has 0 bridgehead atoms. The van der Waals surface area contributed by atoms with E-state index in [9.17, 15) is 4.79 Å². The van der Waals surface area contributed by atoms with Gasteiger partial charge in [-0.3, -0.25) is 4.79 Å². The molecule has 1 amide bonds. The molecule has 5 nitrogen and oxygen atoms in total. The maximum absolute atomic E-state index is 10.5. The zero-order chi connectivity index (χ0) is 11.3. The Labute approximate surface area is 92.9 Å². The second-order valence-corrected chi connectivity index (χ2v) is 3.38. The van der Waals surface area contributed by atoms with E-state index in [-0.39, 0.29) is 12.3 Å². The minimum atomic E-state index is -0.345. The lowest BCUT2D eigenvalue weighted by molar-refractivity contribution is -0.117. The van der Waals surface area contributed by atoms with Crippen LogP contribution in [0.1, 0.15) is 12.0 Å². The van der Waals surface area contributed by atoms with Crippen LogP contribution in [0.25, 0.3) is 0 Å². The monoisotopic (exact) mass is 224 g/mol. The highest BCUT2D eigenvalue weighted by Gasteiger charge is 1.98. The molecule has 0 aliphatic heterocycles. The van der Waals surface area contributed by atoms with Gasteiger partial charge in [-0.15, -0.1) is 0 Å². The summed E-state index contributed by atoms with van der Waals surface area (Å²) in [4.78, 5) is 14.8. The zero-order valence-corrected chi connectivity index (χ0v) is 8.88. The lowest BCUT2D eigenvalue weighted by atomic mass is 10.3. The number of aromatic nitrogens is 1. The van der Waals surface area contributed by atoms with Crippen LogP contribution in [0.4, 0.5) is 5.82 Å². The molecule has 0 spiro atoms. The maximum atomic E-state index is 10.5. The van der Waals surface area contributed by atoms with Crippen LogP contribution in [-0.4, -0.2) is 22.4 Å². The lowest BCUT2D eigenvalue weighted by Gasteiger charge is -2.04. The van der Waals surface area contributed by atoms with Gasteiger partial charge < -0.3 is 16.8 Å². The van der Waals surface area contributed by atoms with E-state index >= 15 is 0 Å². The SMILES string of the molecule is NC(=O)CCNc1ccc(C(N)=S)cn1. The fourth-order valence-corrected chi connectivity index (χ4v) is 1.08. The van der Waals surface area contributed by atoms with E-state index in [4.69, 9.17) is 23.7 Å². The highest BCUT2D eigenvalue weighted by Crippen LogP contribution is 2.04. The summed E-state index contributed by atoms with van der Waals surface area (Å²) in [6, 6.07) is 3.51. The first-order chi connectivity index (χ1) is 7.09. The van der Waals surface area contributed by atoms with Crippen LogP contribution >= 0.6 is 12.2 Å². The Morgan fingerprint density at radius 3 is 2.67 bits per heavy atom. The molecule has 0 saturated heterocycles. The number of thiocarbonyl (C=S) groups is 1. The van der Waals surface area contributed by atoms with Gasteiger partial charge >= 0.3 is 0 Å². The number of hydrogen-bond acceptors (Lipinski definition) is 4. The van der Waals surface area contributed by atoms with Gasteiger partial charge in [-0.2, -0.15) is 0 Å². The van der Waals surface area contributed by atoms with Crippen LogP contribution in [0.5, 0.6) is 0 Å². The van der Waals surface area contributed by atoms with Crippen LogP contribution in [0.2, 0.25) is 0 Å². The standard InChI is InChI=1S/C9H12N4OS/c10-7(14)3-4-12-8-2-1-6(5-13-8)9(11)15/h1-2,5H,3-4H2,(H2,10,14)(H2,11,15)(H,12,13). The van der Waals surface area contributed by atoms with Crippen molar-refractivity contribution >= 4 is 28.9 Å². The first kappa shape index (κ1) is 11.4. The van der Waals surface area contributed by atoms with Crippen molar-refractivity contribution in [1.82, 2.24) is 4.98 Å². The normalized spacial score (nSPS) is 9.60. The molecule has 0 radical (unpaired) electrons. The summed E-state index contributed by atoms with van der Waals surface area (Å²) >= 11 is 4.78. The fourth-order valence-electron chi connectivity index (χ4n) is 0.958. The number of anilines is 1. The number of pyridine rings is 1. The van der Waals surface area contributed by atoms with E-state index in [2.05, 4.69) is 10.3 Å². The molecule has 5 N–H and O–H groups in total. The van der Waals surface area contributed by atoms with E-state index in [1.165, 1.54) is 0 Å². The molecule has 1 heterocycles. The van der Waals surface area contributed by atoms with Crippen LogP contribution in [0.15, 0.2) is 18.3 Å². The van der Waals surface area contributed by atoms with Crippen molar-refractivity contribution in [3.05, 3.63) is 23.9 Å². The van der Waals surface area contributed by atoms with Gasteiger partial charge in [-0.1, -0.05) is 12.2 Å². The van der Waals surface area contributed by atoms with E-state index < -0.39 is 0 Å². The Bertz CT molecular complexity index is 363. The van der Waals surface area contributed by atoms with Crippen molar-refractivity contribution in [2.45, 2.75) is 6.42 Å². The number of rotatable bonds is 5. The van der Waals surface area contributed by atoms with E-state index in [1.807, 2.05) is 0 Å². The minimum absolute atomic E-state index is 0.277. The lowest BCUT2D eigenvalue weighted by Crippen LogP contribution is -2.16. The Kier molecular flexibility index (Phi) is 3.99. The average Bonchev–Trinajstić information content (AvgIpc) is 2.18. The number of nitrogens with zero attached hydrogens (tertiary/aromatic N) is 1. The van der Waals surface area contributed by atoms with Crippen molar-refractivity contribution in [1.29, 1.82) is 0 Å². The number of primary amides is 1. The van der Waals surface area contributed by atoms with Crippen LogP contribution in [-0.2, 0) is 4.79 Å². The molecule has 1 aromatic heterocycles. The van der Waals surface area contributed by atoms with Crippen LogP contribution in [0.3, 0.4) is 0 Å². The summed E-state index contributed by atoms with van der Waals surface area (Å²) in [7, 11) is 0. The molecular weight excluding hydrogens is 212 g/mol. The zero-order valence-electron chi connectivity index (χ0n) is 8.06. The minimum Gasteiger partial charge on any atom is -0.389 e. The van der Waals surface area contributed by atoms with Crippen molar-refractivity contribution in [3.63, 3.8) is 0 Å². The third-order valence-corrected chi connectivity index (χ3v) is 1.96. The molecular formula is C9H12N4OS. The molecule has 0 saturated carbocycles. The second-order valence-electron chi connectivity index (χ2n) is 2.94. The number of amides is 1. The van der Waals surface area contributed by atoms with Gasteiger partial charge in [0, 0.05) is 24.7 Å². The molecule has 0 aliphatic rings. The number of carbonyl (C=O) groups excluding carboxylic acids is 1. The Morgan fingerprint density at radius 1 is 1.47 bits per heavy atom. The summed E-state index contributed by atoms with van der Waals surface area (Å²) in [5.74, 6) is 0.318. The molecule has 0 fully saturated rings. The molecule has 1 aromatic rings. The van der Waals surface area contributed by atoms with Gasteiger partial charge in [0.1, 0.15) is 10.8 Å². The first-order valence-corrected chi connectivity index (χ1v) is 4.78. The highest BCUT2D eigenvalue weighted by molar-refractivity contribution is 7.80. The predicted octanol–water partition coefficient (Wildman–Crippen LogP) is 0.00310. The third kappa shape index (κ3) is 3.90. The van der Waals surface area contributed by atoms with Crippen LogP contribution < -0.4 is 16.8 Å². The van der Waals surface area contributed by atoms with E-state index in [0.29, 0.717) is 22.9 Å². The van der Waals surface area contributed by atoms with Crippen molar-refractivity contribution in [2.75, 3.05) is 11.9 Å². The largest absolute Gasteiger partial charge is 0.389 e. The van der Waals surface area contributed by atoms with Crippen molar-refractivity contribution in [3.8, 4) is 0 Å². The summed E-state index contributed by atoms with van der Waals surface area (Å²) in [6.45, 7) is 0.467. The number of hydrogen-bond donors (Lipinski definition) is 3. The second kappa shape index (κ2) is 5.26. The van der Waals surface area contributed by atoms with E-state index in [0.717, 1.165) is 0 Å². The molecule has 80 valence electrons. The van der Waals surface area contributed by atoms with Gasteiger partial charge in [-0.05, 0) is 12.1 Å². The molecule has 0 aliphatic carbocycles. The number of carbonyl (C=O) groups is 1. The maximum Gasteiger partial charge on any atom is 0.219 e. The molecule has 6 heteroatoms. The highest BCUT2D eigenvalue weighted by atomic mass is 32.1. The Balaban J connectivity index is 2.50. The van der Waals surface area contributed by atoms with Gasteiger partial charge in [0.2, 0.25) is 5.91 Å². The molecule has 0 aromatic carbocycles. The summed E-state index contributed by atoms with van der Waals surface area (Å²) < 4.78 is 0. The Hall–Kier alpha value is -1.69. The van der Waals surface area contributed by atoms with Gasteiger partial charge in [-0.25, -0.2) is 4.98 Å². The van der Waals surface area contributed by atoms with Crippen molar-refractivity contribution in [2.24, 2.45) is 11.5 Å². The predicted molar refractivity (Wildman–Crippen MR) is 62.4 cm³/mol. The quantitative estimate of drug-likeness (QED) is 0.612. The smallest absolute Gasteiger partial charge is 0.219 e. The topological polar surface area (TPSA) is 94.0 Å². The van der Waals surface area contributed by atoms with Crippen LogP contribution in [0, 0.1) is 0 Å². The first-order valence-electron chi connectivity index (χ1n) is 4.37. The summed E-state index contributed by atoms with van der Waals surface area (Å²) in [5, 5.41) is 2.95. The molecule has 0 unspecified atom stereocenters. The number of nitrogens with one attached hydrogen (secondary N) is 1. The summed E-state index contributed by atoms with van der Waals surface area (Å²) in [6.07, 6.45) is 1.85. The van der Waals surface area contributed by atoms with Gasteiger partial charge in [0.25, 0.3) is 0 Å². The molecule has 1 rings (SSSR count). The molecule has 15 heavy (non-hydrogen) atoms. The molecule has 0 atom stereocenters. The van der Waals surface area contributed by atoms with Crippen molar-refractivity contribution < 1.29 is 4.79 Å². The number of nitrogens with two attached hydrogens (primary N) is 2. The third-order valence-electron chi connectivity index (χ3n) is 1.73. The van der Waals surface area contributed by atoms with Gasteiger partial charge in [0.15, 0.2) is 0 Å². The summed E-state index contributed by atoms with van der Waals surface area (Å²) in [5.41, 5.74) is 11.1. The van der Waals surface area contributed by atoms with Gasteiger partial charge in [0.05, 0.1) is 0 Å².